The summed E-state index contributed by atoms with van der Waals surface area (Å²) in [4.78, 5) is 0. The molecule has 0 saturated heterocycles. The first kappa shape index (κ1) is 13.7. The van der Waals surface area contributed by atoms with Crippen LogP contribution in [0.3, 0.4) is 0 Å². The Hall–Kier alpha value is -0.390. The van der Waals surface area contributed by atoms with Gasteiger partial charge in [0.05, 0.1) is 22.4 Å². The third kappa shape index (κ3) is 3.06. The molecule has 0 saturated carbocycles. The van der Waals surface area contributed by atoms with Crippen molar-refractivity contribution in [3.63, 3.8) is 0 Å². The maximum Gasteiger partial charge on any atom is 0.0699 e. The maximum atomic E-state index is 5.13. The molecule has 92 valence electrons. The Morgan fingerprint density at radius 2 is 2.25 bits per heavy atom. The number of aromatic nitrogens is 2. The second kappa shape index (κ2) is 6.37. The molecule has 1 atom stereocenters. The largest absolute Gasteiger partial charge is 0.385 e. The minimum Gasteiger partial charge on any atom is -0.385 e. The third-order valence-corrected chi connectivity index (χ3v) is 3.18. The number of ether oxygens (including phenoxy) is 1. The number of rotatable bonds is 6. The summed E-state index contributed by atoms with van der Waals surface area (Å²) in [7, 11) is 3.69. The van der Waals surface area contributed by atoms with E-state index in [2.05, 4.69) is 40.2 Å². The highest BCUT2D eigenvalue weighted by atomic mass is 79.9. The van der Waals surface area contributed by atoms with Crippen LogP contribution < -0.4 is 5.32 Å². The van der Waals surface area contributed by atoms with Crippen molar-refractivity contribution in [1.29, 1.82) is 0 Å². The fourth-order valence-corrected chi connectivity index (χ4v) is 2.29. The predicted molar refractivity (Wildman–Crippen MR) is 68.6 cm³/mol. The van der Waals surface area contributed by atoms with Crippen molar-refractivity contribution < 1.29 is 4.74 Å². The summed E-state index contributed by atoms with van der Waals surface area (Å²) in [6.45, 7) is 5.00. The monoisotopic (exact) mass is 289 g/mol. The molecule has 0 spiro atoms. The van der Waals surface area contributed by atoms with E-state index >= 15 is 0 Å². The van der Waals surface area contributed by atoms with Crippen LogP contribution in [0.15, 0.2) is 10.7 Å². The van der Waals surface area contributed by atoms with Crippen molar-refractivity contribution in [2.75, 3.05) is 20.8 Å². The molecular formula is C11H20BrN3O. The molecule has 1 unspecified atom stereocenters. The van der Waals surface area contributed by atoms with Gasteiger partial charge in [-0.3, -0.25) is 4.68 Å². The second-order valence-corrected chi connectivity index (χ2v) is 4.89. The molecule has 1 rings (SSSR count). The van der Waals surface area contributed by atoms with Crippen LogP contribution >= 0.6 is 15.9 Å². The standard InChI is InChI=1S/C11H20BrN3O/c1-8(2)15-11(9(12)7-14-15)10(13-3)5-6-16-4/h7-8,10,13H,5-6H2,1-4H3. The molecule has 0 radical (unpaired) electrons. The lowest BCUT2D eigenvalue weighted by Gasteiger charge is -2.20. The number of hydrogen-bond acceptors (Lipinski definition) is 3. The van der Waals surface area contributed by atoms with Crippen molar-refractivity contribution in [3.8, 4) is 0 Å². The quantitative estimate of drug-likeness (QED) is 0.875. The maximum absolute atomic E-state index is 5.13. The van der Waals surface area contributed by atoms with Crippen LogP contribution in [0.1, 0.15) is 38.0 Å². The van der Waals surface area contributed by atoms with Crippen LogP contribution in [0, 0.1) is 0 Å². The molecule has 1 aromatic heterocycles. The Morgan fingerprint density at radius 3 is 2.75 bits per heavy atom. The van der Waals surface area contributed by atoms with Crippen molar-refractivity contribution in [2.45, 2.75) is 32.4 Å². The molecule has 0 bridgehead atoms. The van der Waals surface area contributed by atoms with Crippen LogP contribution in [-0.2, 0) is 4.74 Å². The van der Waals surface area contributed by atoms with E-state index in [1.807, 2.05) is 17.9 Å². The van der Waals surface area contributed by atoms with Gasteiger partial charge in [-0.15, -0.1) is 0 Å². The van der Waals surface area contributed by atoms with Gasteiger partial charge in [-0.05, 0) is 43.2 Å². The molecule has 0 amide bonds. The summed E-state index contributed by atoms with van der Waals surface area (Å²) < 4.78 is 8.22. The van der Waals surface area contributed by atoms with E-state index in [1.165, 1.54) is 5.69 Å². The number of nitrogens with one attached hydrogen (secondary N) is 1. The van der Waals surface area contributed by atoms with Crippen molar-refractivity contribution in [3.05, 3.63) is 16.4 Å². The lowest BCUT2D eigenvalue weighted by atomic mass is 10.1. The zero-order valence-electron chi connectivity index (χ0n) is 10.3. The first-order chi connectivity index (χ1) is 7.61. The number of nitrogens with zero attached hydrogens (tertiary/aromatic N) is 2. The first-order valence-electron chi connectivity index (χ1n) is 5.50. The highest BCUT2D eigenvalue weighted by Gasteiger charge is 2.19. The smallest absolute Gasteiger partial charge is 0.0699 e. The van der Waals surface area contributed by atoms with E-state index in [-0.39, 0.29) is 6.04 Å². The summed E-state index contributed by atoms with van der Waals surface area (Å²) in [5.74, 6) is 0. The van der Waals surface area contributed by atoms with Gasteiger partial charge in [0.2, 0.25) is 0 Å². The number of halogens is 1. The van der Waals surface area contributed by atoms with Gasteiger partial charge < -0.3 is 10.1 Å². The van der Waals surface area contributed by atoms with Gasteiger partial charge in [0.15, 0.2) is 0 Å². The van der Waals surface area contributed by atoms with E-state index in [9.17, 15) is 0 Å². The van der Waals surface area contributed by atoms with Gasteiger partial charge in [0.25, 0.3) is 0 Å². The lowest BCUT2D eigenvalue weighted by molar-refractivity contribution is 0.182. The Balaban J connectivity index is 2.93. The highest BCUT2D eigenvalue weighted by Crippen LogP contribution is 2.27. The second-order valence-electron chi connectivity index (χ2n) is 4.04. The van der Waals surface area contributed by atoms with E-state index in [1.54, 1.807) is 7.11 Å². The van der Waals surface area contributed by atoms with Gasteiger partial charge in [-0.1, -0.05) is 0 Å². The molecule has 5 heteroatoms. The van der Waals surface area contributed by atoms with Gasteiger partial charge in [0, 0.05) is 19.8 Å². The summed E-state index contributed by atoms with van der Waals surface area (Å²) in [6, 6.07) is 0.624. The molecule has 16 heavy (non-hydrogen) atoms. The van der Waals surface area contributed by atoms with Crippen LogP contribution in [-0.4, -0.2) is 30.5 Å². The Kier molecular flexibility index (Phi) is 5.44. The van der Waals surface area contributed by atoms with Gasteiger partial charge in [0.1, 0.15) is 0 Å². The van der Waals surface area contributed by atoms with Crippen molar-refractivity contribution in [1.82, 2.24) is 15.1 Å². The molecular weight excluding hydrogens is 270 g/mol. The summed E-state index contributed by atoms with van der Waals surface area (Å²) in [5, 5.41) is 7.69. The molecule has 0 aliphatic heterocycles. The van der Waals surface area contributed by atoms with Gasteiger partial charge in [-0.25, -0.2) is 0 Å². The number of hydrogen-bond donors (Lipinski definition) is 1. The average molecular weight is 290 g/mol. The van der Waals surface area contributed by atoms with Gasteiger partial charge >= 0.3 is 0 Å². The van der Waals surface area contributed by atoms with Crippen molar-refractivity contribution in [2.24, 2.45) is 0 Å². The Morgan fingerprint density at radius 1 is 1.56 bits per heavy atom. The first-order valence-corrected chi connectivity index (χ1v) is 6.30. The molecule has 1 heterocycles. The van der Waals surface area contributed by atoms with E-state index in [4.69, 9.17) is 4.74 Å². The molecule has 4 nitrogen and oxygen atoms in total. The highest BCUT2D eigenvalue weighted by molar-refractivity contribution is 9.10. The third-order valence-electron chi connectivity index (χ3n) is 2.57. The lowest BCUT2D eigenvalue weighted by Crippen LogP contribution is -2.23. The van der Waals surface area contributed by atoms with Crippen LogP contribution in [0.25, 0.3) is 0 Å². The zero-order valence-corrected chi connectivity index (χ0v) is 11.9. The minimum absolute atomic E-state index is 0.263. The fraction of sp³-hybridized carbons (Fsp3) is 0.727. The molecule has 0 aliphatic carbocycles. The Labute approximate surface area is 105 Å². The molecule has 0 aromatic carbocycles. The van der Waals surface area contributed by atoms with Crippen LogP contribution in [0.5, 0.6) is 0 Å². The summed E-state index contributed by atoms with van der Waals surface area (Å²) in [5.41, 5.74) is 1.19. The minimum atomic E-state index is 0.263. The van der Waals surface area contributed by atoms with E-state index in [0.29, 0.717) is 6.04 Å². The predicted octanol–water partition coefficient (Wildman–Crippen LogP) is 2.52. The fourth-order valence-electron chi connectivity index (χ4n) is 1.74. The SMILES string of the molecule is CNC(CCOC)c1c(Br)cnn1C(C)C. The number of methoxy groups -OCH3 is 1. The van der Waals surface area contributed by atoms with Crippen molar-refractivity contribution >= 4 is 15.9 Å². The normalized spacial score (nSPS) is 13.4. The van der Waals surface area contributed by atoms with Crippen LogP contribution in [0.2, 0.25) is 0 Å². The molecule has 1 N–H and O–H groups in total. The van der Waals surface area contributed by atoms with E-state index < -0.39 is 0 Å². The topological polar surface area (TPSA) is 39.1 Å². The average Bonchev–Trinajstić information content (AvgIpc) is 2.62. The summed E-state index contributed by atoms with van der Waals surface area (Å²) >= 11 is 3.55. The molecule has 0 fully saturated rings. The summed E-state index contributed by atoms with van der Waals surface area (Å²) in [6.07, 6.45) is 2.79. The zero-order chi connectivity index (χ0) is 12.1. The van der Waals surface area contributed by atoms with Gasteiger partial charge in [-0.2, -0.15) is 5.10 Å². The Bertz CT molecular complexity index is 325. The molecule has 0 aliphatic rings. The molecule has 1 aromatic rings. The van der Waals surface area contributed by atoms with E-state index in [0.717, 1.165) is 17.5 Å². The van der Waals surface area contributed by atoms with Crippen LogP contribution in [0.4, 0.5) is 0 Å².